The Hall–Kier alpha value is -2.32. The van der Waals surface area contributed by atoms with Crippen LogP contribution in [0, 0.1) is 13.8 Å². The molecule has 0 aliphatic carbocycles. The molecule has 1 aromatic heterocycles. The second-order valence-corrected chi connectivity index (χ2v) is 7.40. The Morgan fingerprint density at radius 2 is 2.15 bits per heavy atom. The van der Waals surface area contributed by atoms with Crippen LogP contribution in [0.5, 0.6) is 0 Å². The number of thiazole rings is 1. The monoisotopic (exact) mass is 403 g/mol. The number of carbonyl (C=O) groups excluding carboxylic acids is 1. The Morgan fingerprint density at radius 1 is 1.37 bits per heavy atom. The third-order valence-electron chi connectivity index (χ3n) is 3.94. The number of rotatable bonds is 7. The predicted molar refractivity (Wildman–Crippen MR) is 117 cm³/mol. The Bertz CT molecular complexity index is 831. The highest BCUT2D eigenvalue weighted by molar-refractivity contribution is 7.80. The van der Waals surface area contributed by atoms with Gasteiger partial charge in [-0.3, -0.25) is 15.1 Å². The molecule has 6 nitrogen and oxygen atoms in total. The summed E-state index contributed by atoms with van der Waals surface area (Å²) in [5, 5.41) is 10.1. The van der Waals surface area contributed by atoms with Crippen LogP contribution in [0.3, 0.4) is 0 Å². The number of benzene rings is 1. The van der Waals surface area contributed by atoms with E-state index in [9.17, 15) is 4.79 Å². The van der Waals surface area contributed by atoms with Gasteiger partial charge in [-0.1, -0.05) is 19.4 Å². The normalized spacial score (nSPS) is 10.8. The molecule has 0 radical (unpaired) electrons. The molecular weight excluding hydrogens is 378 g/mol. The predicted octanol–water partition coefficient (Wildman–Crippen LogP) is 4.04. The van der Waals surface area contributed by atoms with Gasteiger partial charge in [-0.25, -0.2) is 4.98 Å². The summed E-state index contributed by atoms with van der Waals surface area (Å²) < 4.78 is 0. The zero-order valence-corrected chi connectivity index (χ0v) is 17.7. The number of thiocarbonyl (C=S) groups is 1. The fourth-order valence-corrected chi connectivity index (χ4v) is 3.30. The molecular formula is C19H25N5OS2. The second kappa shape index (κ2) is 10.1. The third-order valence-corrected chi connectivity index (χ3v) is 5.02. The molecule has 0 bridgehead atoms. The van der Waals surface area contributed by atoms with E-state index in [1.165, 1.54) is 23.8 Å². The summed E-state index contributed by atoms with van der Waals surface area (Å²) in [4.78, 5) is 18.3. The Kier molecular flexibility index (Phi) is 7.87. The number of nitrogens with zero attached hydrogens (tertiary/aromatic N) is 3. The molecule has 0 aliphatic rings. The van der Waals surface area contributed by atoms with E-state index in [1.807, 2.05) is 37.4 Å². The maximum absolute atomic E-state index is 12.2. The topological polar surface area (TPSA) is 69.6 Å². The number of amides is 1. The van der Waals surface area contributed by atoms with Crippen LogP contribution in [0.2, 0.25) is 0 Å². The molecule has 27 heavy (non-hydrogen) atoms. The number of anilines is 2. The van der Waals surface area contributed by atoms with Gasteiger partial charge in [0.25, 0.3) is 0 Å². The third kappa shape index (κ3) is 6.11. The first-order valence-electron chi connectivity index (χ1n) is 8.82. The van der Waals surface area contributed by atoms with Crippen molar-refractivity contribution in [3.05, 3.63) is 40.4 Å². The Morgan fingerprint density at radius 3 is 2.81 bits per heavy atom. The van der Waals surface area contributed by atoms with Gasteiger partial charge in [0.2, 0.25) is 5.91 Å². The highest BCUT2D eigenvalue weighted by atomic mass is 32.1. The molecule has 0 saturated heterocycles. The molecule has 0 spiro atoms. The van der Waals surface area contributed by atoms with E-state index in [1.54, 1.807) is 11.1 Å². The van der Waals surface area contributed by atoms with Gasteiger partial charge in [-0.15, -0.1) is 11.3 Å². The maximum Gasteiger partial charge on any atom is 0.230 e. The average Bonchev–Trinajstić information content (AvgIpc) is 3.06. The maximum atomic E-state index is 12.2. The number of carbonyl (C=O) groups is 1. The van der Waals surface area contributed by atoms with Crippen LogP contribution in [0.25, 0.3) is 0 Å². The molecule has 0 saturated carbocycles. The molecule has 0 atom stereocenters. The van der Waals surface area contributed by atoms with Crippen molar-refractivity contribution >= 4 is 51.6 Å². The lowest BCUT2D eigenvalue weighted by molar-refractivity contribution is -0.115. The van der Waals surface area contributed by atoms with Crippen molar-refractivity contribution in [3.63, 3.8) is 0 Å². The summed E-state index contributed by atoms with van der Waals surface area (Å²) >= 11 is 6.54. The van der Waals surface area contributed by atoms with Gasteiger partial charge in [0.05, 0.1) is 17.6 Å². The number of aryl methyl sites for hydroxylation is 2. The minimum Gasteiger partial charge on any atom is -0.361 e. The molecule has 2 N–H and O–H groups in total. The van der Waals surface area contributed by atoms with Gasteiger partial charge in [-0.2, -0.15) is 5.10 Å². The van der Waals surface area contributed by atoms with E-state index in [-0.39, 0.29) is 5.91 Å². The van der Waals surface area contributed by atoms with Crippen molar-refractivity contribution in [1.82, 2.24) is 15.7 Å². The number of hydrogen-bond donors (Lipinski definition) is 2. The van der Waals surface area contributed by atoms with Gasteiger partial charge in [0.15, 0.2) is 10.2 Å². The average molecular weight is 404 g/mol. The summed E-state index contributed by atoms with van der Waals surface area (Å²) in [6, 6.07) is 5.93. The van der Waals surface area contributed by atoms with Crippen molar-refractivity contribution in [2.24, 2.45) is 5.10 Å². The highest BCUT2D eigenvalue weighted by Gasteiger charge is 2.18. The largest absolute Gasteiger partial charge is 0.361 e. The van der Waals surface area contributed by atoms with Crippen LogP contribution in [0.4, 0.5) is 10.8 Å². The van der Waals surface area contributed by atoms with Gasteiger partial charge in [-0.05, 0) is 55.7 Å². The van der Waals surface area contributed by atoms with Crippen LogP contribution in [-0.2, 0) is 4.79 Å². The highest BCUT2D eigenvalue weighted by Crippen LogP contribution is 2.29. The van der Waals surface area contributed by atoms with E-state index < -0.39 is 0 Å². The summed E-state index contributed by atoms with van der Waals surface area (Å²) in [6.07, 6.45) is 3.75. The lowest BCUT2D eigenvalue weighted by Crippen LogP contribution is -2.32. The SMILES string of the molecule is CCCCNC(=S)N/N=C\c1csc(N(C(C)=O)c2ccc(C)c(C)c2)n1. The Balaban J connectivity index is 2.07. The van der Waals surface area contributed by atoms with Crippen LogP contribution in [0.1, 0.15) is 43.5 Å². The lowest BCUT2D eigenvalue weighted by Gasteiger charge is -2.19. The molecule has 2 rings (SSSR count). The van der Waals surface area contributed by atoms with Crippen LogP contribution >= 0.6 is 23.6 Å². The van der Waals surface area contributed by atoms with Gasteiger partial charge in [0, 0.05) is 18.8 Å². The number of aromatic nitrogens is 1. The van der Waals surface area contributed by atoms with E-state index in [4.69, 9.17) is 12.2 Å². The minimum absolute atomic E-state index is 0.0875. The summed E-state index contributed by atoms with van der Waals surface area (Å²) in [6.45, 7) is 8.55. The molecule has 0 fully saturated rings. The number of unbranched alkanes of at least 4 members (excludes halogenated alkanes) is 1. The molecule has 0 aliphatic heterocycles. The molecule has 0 unspecified atom stereocenters. The van der Waals surface area contributed by atoms with Gasteiger partial charge in [0.1, 0.15) is 0 Å². The second-order valence-electron chi connectivity index (χ2n) is 6.16. The first-order valence-corrected chi connectivity index (χ1v) is 10.1. The van der Waals surface area contributed by atoms with Crippen LogP contribution in [-0.4, -0.2) is 28.8 Å². The first kappa shape index (κ1) is 21.0. The number of nitrogens with one attached hydrogen (secondary N) is 2. The quantitative estimate of drug-likeness (QED) is 0.316. The van der Waals surface area contributed by atoms with Crippen molar-refractivity contribution in [3.8, 4) is 0 Å². The van der Waals surface area contributed by atoms with Crippen molar-refractivity contribution in [2.45, 2.75) is 40.5 Å². The molecule has 144 valence electrons. The zero-order chi connectivity index (χ0) is 19.8. The molecule has 8 heteroatoms. The van der Waals surface area contributed by atoms with Gasteiger partial charge >= 0.3 is 0 Å². The van der Waals surface area contributed by atoms with Gasteiger partial charge < -0.3 is 5.32 Å². The van der Waals surface area contributed by atoms with E-state index in [0.717, 1.165) is 30.6 Å². The molecule has 1 amide bonds. The van der Waals surface area contributed by atoms with Crippen LogP contribution < -0.4 is 15.6 Å². The fourth-order valence-electron chi connectivity index (χ4n) is 2.31. The lowest BCUT2D eigenvalue weighted by atomic mass is 10.1. The smallest absolute Gasteiger partial charge is 0.230 e. The summed E-state index contributed by atoms with van der Waals surface area (Å²) in [5.41, 5.74) is 6.55. The first-order chi connectivity index (χ1) is 12.9. The number of hydrazone groups is 1. The van der Waals surface area contributed by atoms with E-state index >= 15 is 0 Å². The Labute approximate surface area is 169 Å². The van der Waals surface area contributed by atoms with E-state index in [2.05, 4.69) is 27.8 Å². The standard InChI is InChI=1S/C19H25N5OS2/c1-5-6-9-20-18(26)23-21-11-16-12-27-19(22-16)24(15(4)25)17-8-7-13(2)14(3)10-17/h7-8,10-12H,5-6,9H2,1-4H3,(H2,20,23,26)/b21-11-. The van der Waals surface area contributed by atoms with Crippen LogP contribution in [0.15, 0.2) is 28.7 Å². The van der Waals surface area contributed by atoms with Crippen molar-refractivity contribution < 1.29 is 4.79 Å². The summed E-state index contributed by atoms with van der Waals surface area (Å²) in [7, 11) is 0. The fraction of sp³-hybridized carbons (Fsp3) is 0.368. The van der Waals surface area contributed by atoms with Crippen molar-refractivity contribution in [2.75, 3.05) is 11.4 Å². The molecule has 1 heterocycles. The number of hydrogen-bond acceptors (Lipinski definition) is 5. The van der Waals surface area contributed by atoms with Crippen molar-refractivity contribution in [1.29, 1.82) is 0 Å². The molecule has 2 aromatic rings. The summed E-state index contributed by atoms with van der Waals surface area (Å²) in [5.74, 6) is -0.0875. The van der Waals surface area contributed by atoms with E-state index in [0.29, 0.717) is 15.9 Å². The minimum atomic E-state index is -0.0875. The zero-order valence-electron chi connectivity index (χ0n) is 16.1. The molecule has 1 aromatic carbocycles.